The Balaban J connectivity index is 2.04. The maximum Gasteiger partial charge on any atom is 0.354 e. The predicted octanol–water partition coefficient (Wildman–Crippen LogP) is 0.346. The minimum absolute atomic E-state index is 0.0669. The lowest BCUT2D eigenvalue weighted by Crippen LogP contribution is -2.22. The summed E-state index contributed by atoms with van der Waals surface area (Å²) in [6.07, 6.45) is 0.515. The summed E-state index contributed by atoms with van der Waals surface area (Å²) >= 11 is 0. The lowest BCUT2D eigenvalue weighted by atomic mass is 10.3. The number of aromatic carboxylic acids is 1. The van der Waals surface area contributed by atoms with E-state index in [1.807, 2.05) is 0 Å². The minimum atomic E-state index is -1.01. The van der Waals surface area contributed by atoms with Crippen LogP contribution in [0.15, 0.2) is 18.2 Å². The summed E-state index contributed by atoms with van der Waals surface area (Å²) in [6, 6.07) is 4.97. The SMILES string of the molecule is O=C(O)c1cccc(CN2CCC(O)C2)n1. The van der Waals surface area contributed by atoms with Gasteiger partial charge >= 0.3 is 5.97 Å². The van der Waals surface area contributed by atoms with Crippen LogP contribution < -0.4 is 0 Å². The van der Waals surface area contributed by atoms with Crippen LogP contribution in [0.1, 0.15) is 22.6 Å². The zero-order chi connectivity index (χ0) is 11.5. The van der Waals surface area contributed by atoms with Crippen LogP contribution in [0.5, 0.6) is 0 Å². The first kappa shape index (κ1) is 11.0. The normalized spacial score (nSPS) is 21.2. The number of likely N-dealkylation sites (tertiary alicyclic amines) is 1. The summed E-state index contributed by atoms with van der Waals surface area (Å²) < 4.78 is 0. The van der Waals surface area contributed by atoms with E-state index in [-0.39, 0.29) is 11.8 Å². The molecular formula is C11H14N2O3. The summed E-state index contributed by atoms with van der Waals surface area (Å²) in [5.41, 5.74) is 0.797. The van der Waals surface area contributed by atoms with Crippen molar-refractivity contribution < 1.29 is 15.0 Å². The van der Waals surface area contributed by atoms with E-state index in [4.69, 9.17) is 5.11 Å². The Bertz CT molecular complexity index is 395. The predicted molar refractivity (Wildman–Crippen MR) is 57.1 cm³/mol. The van der Waals surface area contributed by atoms with Crippen LogP contribution in [-0.4, -0.2) is 45.3 Å². The van der Waals surface area contributed by atoms with Gasteiger partial charge in [-0.2, -0.15) is 0 Å². The van der Waals surface area contributed by atoms with Crippen molar-refractivity contribution in [2.75, 3.05) is 13.1 Å². The minimum Gasteiger partial charge on any atom is -0.477 e. The molecule has 1 unspecified atom stereocenters. The van der Waals surface area contributed by atoms with Crippen LogP contribution in [0.3, 0.4) is 0 Å². The van der Waals surface area contributed by atoms with Gasteiger partial charge in [-0.3, -0.25) is 4.90 Å². The van der Waals surface area contributed by atoms with Crippen molar-refractivity contribution in [3.05, 3.63) is 29.6 Å². The highest BCUT2D eigenvalue weighted by Gasteiger charge is 2.20. The molecule has 0 radical (unpaired) electrons. The fourth-order valence-electron chi connectivity index (χ4n) is 1.87. The average Bonchev–Trinajstić information content (AvgIpc) is 2.64. The second-order valence-corrected chi connectivity index (χ2v) is 4.00. The number of aliphatic hydroxyl groups is 1. The highest BCUT2D eigenvalue weighted by molar-refractivity contribution is 5.85. The molecule has 1 atom stereocenters. The van der Waals surface area contributed by atoms with E-state index in [0.29, 0.717) is 13.1 Å². The number of aliphatic hydroxyl groups excluding tert-OH is 1. The second kappa shape index (κ2) is 4.59. The number of β-amino-alcohol motifs (C(OH)–C–C–N with tert-alkyl or cyclic N) is 1. The highest BCUT2D eigenvalue weighted by atomic mass is 16.4. The molecule has 5 nitrogen and oxygen atoms in total. The first-order valence-electron chi connectivity index (χ1n) is 5.25. The molecule has 0 saturated carbocycles. The van der Waals surface area contributed by atoms with Crippen molar-refractivity contribution in [1.29, 1.82) is 0 Å². The van der Waals surface area contributed by atoms with Crippen molar-refractivity contribution in [2.24, 2.45) is 0 Å². The Labute approximate surface area is 93.3 Å². The Morgan fingerprint density at radius 3 is 3.00 bits per heavy atom. The summed E-state index contributed by atoms with van der Waals surface area (Å²) in [7, 11) is 0. The molecule has 2 N–H and O–H groups in total. The lowest BCUT2D eigenvalue weighted by Gasteiger charge is -2.14. The number of carboxylic acid groups (broad SMARTS) is 1. The number of pyridine rings is 1. The maximum absolute atomic E-state index is 10.7. The third-order valence-corrected chi connectivity index (χ3v) is 2.66. The molecule has 1 saturated heterocycles. The largest absolute Gasteiger partial charge is 0.477 e. The molecule has 0 bridgehead atoms. The standard InChI is InChI=1S/C11H14N2O3/c14-9-4-5-13(7-9)6-8-2-1-3-10(12-8)11(15)16/h1-3,9,14H,4-7H2,(H,15,16). The average molecular weight is 222 g/mol. The van der Waals surface area contributed by atoms with Gasteiger partial charge in [0.1, 0.15) is 5.69 Å². The van der Waals surface area contributed by atoms with E-state index < -0.39 is 5.97 Å². The molecule has 1 fully saturated rings. The number of carbonyl (C=O) groups is 1. The van der Waals surface area contributed by atoms with Crippen LogP contribution >= 0.6 is 0 Å². The van der Waals surface area contributed by atoms with Crippen LogP contribution in [0.2, 0.25) is 0 Å². The molecule has 0 amide bonds. The van der Waals surface area contributed by atoms with Crippen LogP contribution in [0, 0.1) is 0 Å². The topological polar surface area (TPSA) is 73.7 Å². The summed E-state index contributed by atoms with van der Waals surface area (Å²) in [4.78, 5) is 16.8. The van der Waals surface area contributed by atoms with Crippen LogP contribution in [0.4, 0.5) is 0 Å². The molecule has 5 heteroatoms. The Morgan fingerprint density at radius 2 is 2.38 bits per heavy atom. The summed E-state index contributed by atoms with van der Waals surface area (Å²) in [5.74, 6) is -1.01. The molecule has 0 aliphatic carbocycles. The van der Waals surface area contributed by atoms with Gasteiger partial charge in [0.2, 0.25) is 0 Å². The molecular weight excluding hydrogens is 208 g/mol. The van der Waals surface area contributed by atoms with Gasteiger partial charge in [-0.15, -0.1) is 0 Å². The van der Waals surface area contributed by atoms with Gasteiger partial charge in [0.05, 0.1) is 11.8 Å². The van der Waals surface area contributed by atoms with E-state index in [9.17, 15) is 9.90 Å². The number of hydrogen-bond acceptors (Lipinski definition) is 4. The van der Waals surface area contributed by atoms with E-state index in [1.165, 1.54) is 6.07 Å². The van der Waals surface area contributed by atoms with E-state index in [1.54, 1.807) is 12.1 Å². The van der Waals surface area contributed by atoms with E-state index >= 15 is 0 Å². The van der Waals surface area contributed by atoms with Crippen molar-refractivity contribution in [2.45, 2.75) is 19.1 Å². The number of rotatable bonds is 3. The number of aromatic nitrogens is 1. The highest BCUT2D eigenvalue weighted by Crippen LogP contribution is 2.12. The lowest BCUT2D eigenvalue weighted by molar-refractivity contribution is 0.0690. The molecule has 0 spiro atoms. The van der Waals surface area contributed by atoms with Crippen molar-refractivity contribution in [3.63, 3.8) is 0 Å². The monoisotopic (exact) mass is 222 g/mol. The van der Waals surface area contributed by atoms with Gasteiger partial charge in [0.25, 0.3) is 0 Å². The molecule has 1 aromatic rings. The zero-order valence-electron chi connectivity index (χ0n) is 8.83. The Kier molecular flexibility index (Phi) is 3.17. The fraction of sp³-hybridized carbons (Fsp3) is 0.455. The number of nitrogens with zero attached hydrogens (tertiary/aromatic N) is 2. The maximum atomic E-state index is 10.7. The third kappa shape index (κ3) is 2.56. The van der Waals surface area contributed by atoms with Crippen molar-refractivity contribution in [3.8, 4) is 0 Å². The summed E-state index contributed by atoms with van der Waals surface area (Å²) in [5, 5.41) is 18.2. The number of carboxylic acids is 1. The van der Waals surface area contributed by atoms with Crippen LogP contribution in [0.25, 0.3) is 0 Å². The molecule has 1 aliphatic rings. The third-order valence-electron chi connectivity index (χ3n) is 2.66. The quantitative estimate of drug-likeness (QED) is 0.771. The molecule has 2 heterocycles. The molecule has 2 rings (SSSR count). The summed E-state index contributed by atoms with van der Waals surface area (Å²) in [6.45, 7) is 2.07. The van der Waals surface area contributed by atoms with Gasteiger partial charge in [-0.1, -0.05) is 6.07 Å². The molecule has 86 valence electrons. The first-order chi connectivity index (χ1) is 7.65. The molecule has 16 heavy (non-hydrogen) atoms. The Morgan fingerprint density at radius 1 is 1.56 bits per heavy atom. The fourth-order valence-corrected chi connectivity index (χ4v) is 1.87. The smallest absolute Gasteiger partial charge is 0.354 e. The van der Waals surface area contributed by atoms with Crippen molar-refractivity contribution >= 4 is 5.97 Å². The first-order valence-corrected chi connectivity index (χ1v) is 5.25. The Hall–Kier alpha value is -1.46. The number of hydrogen-bond donors (Lipinski definition) is 2. The van der Waals surface area contributed by atoms with Gasteiger partial charge in [-0.05, 0) is 18.6 Å². The van der Waals surface area contributed by atoms with Crippen LogP contribution in [-0.2, 0) is 6.54 Å². The van der Waals surface area contributed by atoms with E-state index in [2.05, 4.69) is 9.88 Å². The zero-order valence-corrected chi connectivity index (χ0v) is 8.83. The molecule has 0 aromatic carbocycles. The van der Waals surface area contributed by atoms with Gasteiger partial charge in [0, 0.05) is 19.6 Å². The van der Waals surface area contributed by atoms with Gasteiger partial charge in [0.15, 0.2) is 0 Å². The molecule has 1 aliphatic heterocycles. The second-order valence-electron chi connectivity index (χ2n) is 4.00. The van der Waals surface area contributed by atoms with E-state index in [0.717, 1.165) is 18.7 Å². The molecule has 1 aromatic heterocycles. The van der Waals surface area contributed by atoms with Gasteiger partial charge in [-0.25, -0.2) is 9.78 Å². The van der Waals surface area contributed by atoms with Gasteiger partial charge < -0.3 is 10.2 Å². The van der Waals surface area contributed by atoms with Crippen molar-refractivity contribution in [1.82, 2.24) is 9.88 Å².